The first-order valence-electron chi connectivity index (χ1n) is 6.54. The zero-order chi connectivity index (χ0) is 16.4. The zero-order valence-corrected chi connectivity index (χ0v) is 15.3. The first kappa shape index (κ1) is 16.0. The summed E-state index contributed by atoms with van der Waals surface area (Å²) < 4.78 is 7.42. The molecule has 5 nitrogen and oxygen atoms in total. The maximum Gasteiger partial charge on any atom is 0.307 e. The van der Waals surface area contributed by atoms with Crippen LogP contribution in [0.3, 0.4) is 0 Å². The molecule has 116 valence electrons. The lowest BCUT2D eigenvalue weighted by molar-refractivity contribution is 0.0929. The number of hydrazone groups is 1. The minimum absolute atomic E-state index is 0.137. The van der Waals surface area contributed by atoms with Crippen molar-refractivity contribution in [2.24, 2.45) is 5.10 Å². The van der Waals surface area contributed by atoms with Crippen LogP contribution in [0.2, 0.25) is 0 Å². The molecule has 0 radical (unpaired) electrons. The van der Waals surface area contributed by atoms with E-state index in [9.17, 15) is 9.90 Å². The van der Waals surface area contributed by atoms with Gasteiger partial charge in [0.15, 0.2) is 5.76 Å². The Balaban J connectivity index is 1.77. The van der Waals surface area contributed by atoms with Gasteiger partial charge >= 0.3 is 5.91 Å². The van der Waals surface area contributed by atoms with E-state index in [0.29, 0.717) is 11.1 Å². The molecule has 0 saturated carbocycles. The van der Waals surface area contributed by atoms with E-state index < -0.39 is 5.91 Å². The largest absolute Gasteiger partial charge is 0.508 e. The number of rotatable bonds is 3. The Morgan fingerprint density at radius 3 is 2.91 bits per heavy atom. The van der Waals surface area contributed by atoms with Crippen LogP contribution in [-0.4, -0.2) is 17.2 Å². The van der Waals surface area contributed by atoms with Crippen LogP contribution in [0.5, 0.6) is 5.75 Å². The molecular formula is C16H10BrIN2O3. The lowest BCUT2D eigenvalue weighted by Gasteiger charge is -1.96. The minimum atomic E-state index is -0.440. The number of hydrogen-bond donors (Lipinski definition) is 2. The summed E-state index contributed by atoms with van der Waals surface area (Å²) in [6.07, 6.45) is 1.45. The van der Waals surface area contributed by atoms with Crippen LogP contribution in [0.4, 0.5) is 0 Å². The molecule has 0 bridgehead atoms. The Morgan fingerprint density at radius 2 is 2.13 bits per heavy atom. The highest BCUT2D eigenvalue weighted by Crippen LogP contribution is 2.28. The van der Waals surface area contributed by atoms with Crippen LogP contribution in [0.1, 0.15) is 16.1 Å². The topological polar surface area (TPSA) is 74.8 Å². The number of hydrogen-bond acceptors (Lipinski definition) is 4. The zero-order valence-electron chi connectivity index (χ0n) is 11.6. The third kappa shape index (κ3) is 3.73. The second-order valence-electron chi connectivity index (χ2n) is 4.71. The van der Waals surface area contributed by atoms with Gasteiger partial charge in [-0.25, -0.2) is 5.43 Å². The van der Waals surface area contributed by atoms with Crippen molar-refractivity contribution < 1.29 is 14.3 Å². The molecule has 0 fully saturated rings. The van der Waals surface area contributed by atoms with Crippen molar-refractivity contribution in [2.75, 3.05) is 0 Å². The molecule has 0 unspecified atom stereocenters. The number of fused-ring (bicyclic) bond motifs is 1. The van der Waals surface area contributed by atoms with Crippen LogP contribution in [0, 0.1) is 3.57 Å². The number of carbonyl (C=O) groups is 1. The third-order valence-electron chi connectivity index (χ3n) is 3.01. The number of benzene rings is 2. The highest BCUT2D eigenvalue weighted by atomic mass is 127. The summed E-state index contributed by atoms with van der Waals surface area (Å²) >= 11 is 5.56. The molecule has 3 aromatic rings. The first-order chi connectivity index (χ1) is 11.0. The molecule has 0 spiro atoms. The first-order valence-corrected chi connectivity index (χ1v) is 8.41. The standard InChI is InChI=1S/C16H10BrIN2O3/c17-11-5-10-6-14(23-15(10)13(18)7-11)16(22)20-19-8-9-2-1-3-12(21)4-9/h1-8,21H,(H,20,22)/b19-8-. The van der Waals surface area contributed by atoms with Gasteiger partial charge in [0.1, 0.15) is 11.3 Å². The van der Waals surface area contributed by atoms with Crippen LogP contribution in [0.25, 0.3) is 11.0 Å². The van der Waals surface area contributed by atoms with Crippen LogP contribution in [0.15, 0.2) is 56.5 Å². The minimum Gasteiger partial charge on any atom is -0.508 e. The number of furan rings is 1. The lowest BCUT2D eigenvalue weighted by Crippen LogP contribution is -2.16. The molecular weight excluding hydrogens is 475 g/mol. The van der Waals surface area contributed by atoms with E-state index in [2.05, 4.69) is 49.0 Å². The van der Waals surface area contributed by atoms with Crippen molar-refractivity contribution >= 4 is 61.6 Å². The normalized spacial score (nSPS) is 11.2. The Kier molecular flexibility index (Phi) is 4.67. The Morgan fingerprint density at radius 1 is 1.30 bits per heavy atom. The van der Waals surface area contributed by atoms with Gasteiger partial charge in [-0.3, -0.25) is 4.79 Å². The second-order valence-corrected chi connectivity index (χ2v) is 6.79. The van der Waals surface area contributed by atoms with E-state index in [1.54, 1.807) is 24.3 Å². The molecule has 1 aromatic heterocycles. The number of nitrogens with zero attached hydrogens (tertiary/aromatic N) is 1. The highest BCUT2D eigenvalue weighted by Gasteiger charge is 2.14. The maximum absolute atomic E-state index is 12.1. The molecule has 0 aliphatic carbocycles. The van der Waals surface area contributed by atoms with Crippen molar-refractivity contribution in [3.8, 4) is 5.75 Å². The predicted octanol–water partition coefficient (Wildman–Crippen LogP) is 4.27. The van der Waals surface area contributed by atoms with Crippen LogP contribution >= 0.6 is 38.5 Å². The summed E-state index contributed by atoms with van der Waals surface area (Å²) in [4.78, 5) is 12.1. The van der Waals surface area contributed by atoms with Crippen molar-refractivity contribution in [3.05, 3.63) is 61.8 Å². The molecule has 1 amide bonds. The summed E-state index contributed by atoms with van der Waals surface area (Å²) in [6, 6.07) is 12.0. The third-order valence-corrected chi connectivity index (χ3v) is 4.27. The average molecular weight is 485 g/mol. The smallest absolute Gasteiger partial charge is 0.307 e. The fourth-order valence-electron chi connectivity index (χ4n) is 2.01. The summed E-state index contributed by atoms with van der Waals surface area (Å²) in [5, 5.41) is 14.1. The van der Waals surface area contributed by atoms with Gasteiger partial charge in [-0.15, -0.1) is 0 Å². The van der Waals surface area contributed by atoms with Gasteiger partial charge in [0.25, 0.3) is 0 Å². The molecule has 0 atom stereocenters. The number of aromatic hydroxyl groups is 1. The van der Waals surface area contributed by atoms with Crippen molar-refractivity contribution in [1.82, 2.24) is 5.43 Å². The Labute approximate surface area is 153 Å². The predicted molar refractivity (Wildman–Crippen MR) is 99.8 cm³/mol. The van der Waals surface area contributed by atoms with Crippen LogP contribution < -0.4 is 5.43 Å². The second kappa shape index (κ2) is 6.71. The number of carbonyl (C=O) groups excluding carboxylic acids is 1. The average Bonchev–Trinajstić information content (AvgIpc) is 2.91. The Bertz CT molecular complexity index is 921. The number of nitrogens with one attached hydrogen (secondary N) is 1. The van der Waals surface area contributed by atoms with Gasteiger partial charge in [0.2, 0.25) is 0 Å². The molecule has 0 aliphatic rings. The van der Waals surface area contributed by atoms with Crippen LogP contribution in [-0.2, 0) is 0 Å². The number of phenolic OH excluding ortho intramolecular Hbond substituents is 1. The summed E-state index contributed by atoms with van der Waals surface area (Å²) in [6.45, 7) is 0. The molecule has 7 heteroatoms. The summed E-state index contributed by atoms with van der Waals surface area (Å²) in [5.74, 6) is -0.119. The fraction of sp³-hybridized carbons (Fsp3) is 0. The van der Waals surface area contributed by atoms with E-state index in [0.717, 1.165) is 13.4 Å². The van der Waals surface area contributed by atoms with Gasteiger partial charge < -0.3 is 9.52 Å². The molecule has 3 rings (SSSR count). The highest BCUT2D eigenvalue weighted by molar-refractivity contribution is 14.1. The van der Waals surface area contributed by atoms with Crippen molar-refractivity contribution in [3.63, 3.8) is 0 Å². The van der Waals surface area contributed by atoms with E-state index in [-0.39, 0.29) is 11.5 Å². The van der Waals surface area contributed by atoms with E-state index in [4.69, 9.17) is 4.42 Å². The van der Waals surface area contributed by atoms with Crippen molar-refractivity contribution in [2.45, 2.75) is 0 Å². The fourth-order valence-corrected chi connectivity index (χ4v) is 3.67. The van der Waals surface area contributed by atoms with Gasteiger partial charge in [0, 0.05) is 9.86 Å². The van der Waals surface area contributed by atoms with E-state index in [1.165, 1.54) is 12.3 Å². The lowest BCUT2D eigenvalue weighted by atomic mass is 10.2. The molecule has 23 heavy (non-hydrogen) atoms. The van der Waals surface area contributed by atoms with E-state index in [1.807, 2.05) is 12.1 Å². The Hall–Kier alpha value is -1.87. The van der Waals surface area contributed by atoms with Gasteiger partial charge in [-0.05, 0) is 58.5 Å². The van der Waals surface area contributed by atoms with Gasteiger partial charge in [-0.2, -0.15) is 5.10 Å². The quantitative estimate of drug-likeness (QED) is 0.331. The van der Waals surface area contributed by atoms with E-state index >= 15 is 0 Å². The monoisotopic (exact) mass is 484 g/mol. The molecule has 2 N–H and O–H groups in total. The number of phenols is 1. The number of amides is 1. The number of halogens is 2. The molecule has 0 aliphatic heterocycles. The molecule has 2 aromatic carbocycles. The molecule has 0 saturated heterocycles. The maximum atomic E-state index is 12.1. The van der Waals surface area contributed by atoms with Crippen molar-refractivity contribution in [1.29, 1.82) is 0 Å². The van der Waals surface area contributed by atoms with Gasteiger partial charge in [0.05, 0.1) is 9.78 Å². The summed E-state index contributed by atoms with van der Waals surface area (Å²) in [7, 11) is 0. The summed E-state index contributed by atoms with van der Waals surface area (Å²) in [5.41, 5.74) is 3.74. The van der Waals surface area contributed by atoms with Gasteiger partial charge in [-0.1, -0.05) is 28.1 Å². The molecule has 1 heterocycles. The SMILES string of the molecule is O=C(N/N=C\c1cccc(O)c1)c1cc2cc(Br)cc(I)c2o1.